The Morgan fingerprint density at radius 1 is 1.32 bits per heavy atom. The van der Waals surface area contributed by atoms with Gasteiger partial charge >= 0.3 is 0 Å². The van der Waals surface area contributed by atoms with Crippen LogP contribution < -0.4 is 5.32 Å². The van der Waals surface area contributed by atoms with E-state index in [4.69, 9.17) is 5.11 Å². The van der Waals surface area contributed by atoms with Gasteiger partial charge in [-0.05, 0) is 48.6 Å². The van der Waals surface area contributed by atoms with Crippen molar-refractivity contribution in [2.24, 2.45) is 0 Å². The number of aliphatic hydroxyl groups is 1. The topological polar surface area (TPSA) is 32.3 Å². The van der Waals surface area contributed by atoms with Crippen LogP contribution in [0, 0.1) is 0 Å². The summed E-state index contributed by atoms with van der Waals surface area (Å²) in [6.07, 6.45) is 3.44. The van der Waals surface area contributed by atoms with Gasteiger partial charge in [0.25, 0.3) is 0 Å². The van der Waals surface area contributed by atoms with Gasteiger partial charge in [-0.25, -0.2) is 0 Å². The van der Waals surface area contributed by atoms with E-state index in [0.29, 0.717) is 12.6 Å². The summed E-state index contributed by atoms with van der Waals surface area (Å²) in [5.74, 6) is 2.96. The third-order valence-electron chi connectivity index (χ3n) is 3.58. The second-order valence-corrected chi connectivity index (χ2v) is 7.20. The van der Waals surface area contributed by atoms with E-state index >= 15 is 0 Å². The van der Waals surface area contributed by atoms with Crippen molar-refractivity contribution in [2.45, 2.75) is 31.2 Å². The van der Waals surface area contributed by atoms with E-state index in [-0.39, 0.29) is 0 Å². The van der Waals surface area contributed by atoms with Crippen molar-refractivity contribution in [2.75, 3.05) is 24.7 Å². The highest BCUT2D eigenvalue weighted by Gasteiger charge is 2.29. The zero-order valence-electron chi connectivity index (χ0n) is 11.1. The van der Waals surface area contributed by atoms with Crippen LogP contribution in [0.5, 0.6) is 0 Å². The minimum Gasteiger partial charge on any atom is -0.396 e. The molecule has 0 aliphatic heterocycles. The summed E-state index contributed by atoms with van der Waals surface area (Å²) < 4.78 is 1.18. The fourth-order valence-electron chi connectivity index (χ4n) is 2.42. The molecular formula is C15H22BrNOS. The molecule has 0 bridgehead atoms. The molecule has 2 rings (SSSR count). The van der Waals surface area contributed by atoms with Crippen LogP contribution in [-0.4, -0.2) is 35.8 Å². The van der Waals surface area contributed by atoms with Gasteiger partial charge in [-0.15, -0.1) is 0 Å². The maximum Gasteiger partial charge on any atom is 0.0438 e. The lowest BCUT2D eigenvalue weighted by Gasteiger charge is -2.36. The fraction of sp³-hybridized carbons (Fsp3) is 0.600. The number of halogens is 1. The van der Waals surface area contributed by atoms with Crippen LogP contribution in [0.2, 0.25) is 0 Å². The van der Waals surface area contributed by atoms with Crippen molar-refractivity contribution in [3.05, 3.63) is 34.3 Å². The van der Waals surface area contributed by atoms with Gasteiger partial charge in [-0.1, -0.05) is 28.1 Å². The molecule has 1 aliphatic carbocycles. The van der Waals surface area contributed by atoms with Gasteiger partial charge in [-0.2, -0.15) is 11.8 Å². The highest BCUT2D eigenvalue weighted by atomic mass is 79.9. The van der Waals surface area contributed by atoms with Crippen molar-refractivity contribution in [3.63, 3.8) is 0 Å². The maximum atomic E-state index is 8.68. The molecule has 0 radical (unpaired) electrons. The lowest BCUT2D eigenvalue weighted by Crippen LogP contribution is -2.41. The summed E-state index contributed by atoms with van der Waals surface area (Å²) in [5, 5.41) is 12.3. The van der Waals surface area contributed by atoms with Gasteiger partial charge in [0.2, 0.25) is 0 Å². The van der Waals surface area contributed by atoms with Gasteiger partial charge in [0, 0.05) is 29.4 Å². The molecule has 0 amide bonds. The number of hydrogen-bond acceptors (Lipinski definition) is 3. The van der Waals surface area contributed by atoms with Crippen LogP contribution in [0.4, 0.5) is 0 Å². The first-order valence-corrected chi connectivity index (χ1v) is 8.92. The predicted molar refractivity (Wildman–Crippen MR) is 86.9 cm³/mol. The van der Waals surface area contributed by atoms with Crippen LogP contribution in [0.25, 0.3) is 0 Å². The largest absolute Gasteiger partial charge is 0.396 e. The molecule has 0 aromatic heterocycles. The predicted octanol–water partition coefficient (Wildman–Crippen LogP) is 3.40. The van der Waals surface area contributed by atoms with Crippen LogP contribution in [0.15, 0.2) is 28.7 Å². The molecule has 0 spiro atoms. The Bertz CT molecular complexity index is 382. The Kier molecular flexibility index (Phi) is 6.71. The number of hydrogen-bond donors (Lipinski definition) is 2. The molecule has 1 aromatic carbocycles. The van der Waals surface area contributed by atoms with Gasteiger partial charge in [0.15, 0.2) is 0 Å². The second-order valence-electron chi connectivity index (χ2n) is 5.06. The van der Waals surface area contributed by atoms with Crippen molar-refractivity contribution in [1.29, 1.82) is 0 Å². The molecule has 0 saturated heterocycles. The lowest BCUT2D eigenvalue weighted by atomic mass is 9.76. The van der Waals surface area contributed by atoms with Gasteiger partial charge in [-0.3, -0.25) is 0 Å². The normalized spacial score (nSPS) is 22.2. The standard InChI is InChI=1S/C15H22BrNOS/c16-14-4-1-3-12(9-14)13-10-15(11-13)17-5-8-19-7-2-6-18/h1,3-4,9,13,15,17-18H,2,5-8,10-11H2. The van der Waals surface area contributed by atoms with Crippen LogP contribution in [0.1, 0.15) is 30.7 Å². The average Bonchev–Trinajstić information content (AvgIpc) is 2.35. The van der Waals surface area contributed by atoms with Gasteiger partial charge in [0.1, 0.15) is 0 Å². The molecule has 1 aliphatic rings. The van der Waals surface area contributed by atoms with E-state index in [1.54, 1.807) is 0 Å². The third kappa shape index (κ3) is 5.10. The monoisotopic (exact) mass is 343 g/mol. The van der Waals surface area contributed by atoms with E-state index in [0.717, 1.165) is 30.4 Å². The molecular weight excluding hydrogens is 322 g/mol. The van der Waals surface area contributed by atoms with E-state index < -0.39 is 0 Å². The quantitative estimate of drug-likeness (QED) is 0.709. The first-order valence-electron chi connectivity index (χ1n) is 6.97. The number of thioether (sulfide) groups is 1. The summed E-state index contributed by atoms with van der Waals surface area (Å²) >= 11 is 5.46. The zero-order valence-corrected chi connectivity index (χ0v) is 13.5. The summed E-state index contributed by atoms with van der Waals surface area (Å²) in [6, 6.07) is 9.38. The Balaban J connectivity index is 1.56. The minimum atomic E-state index is 0.317. The zero-order chi connectivity index (χ0) is 13.5. The van der Waals surface area contributed by atoms with Gasteiger partial charge < -0.3 is 10.4 Å². The van der Waals surface area contributed by atoms with E-state index in [9.17, 15) is 0 Å². The Morgan fingerprint density at radius 2 is 2.16 bits per heavy atom. The van der Waals surface area contributed by atoms with E-state index in [1.165, 1.54) is 22.9 Å². The van der Waals surface area contributed by atoms with E-state index in [1.807, 2.05) is 11.8 Å². The fourth-order valence-corrected chi connectivity index (χ4v) is 3.64. The molecule has 4 heteroatoms. The molecule has 2 N–H and O–H groups in total. The molecule has 1 fully saturated rings. The van der Waals surface area contributed by atoms with Crippen molar-refractivity contribution in [1.82, 2.24) is 5.32 Å². The molecule has 2 nitrogen and oxygen atoms in total. The molecule has 0 atom stereocenters. The van der Waals surface area contributed by atoms with E-state index in [2.05, 4.69) is 45.5 Å². The Morgan fingerprint density at radius 3 is 2.89 bits per heavy atom. The second kappa shape index (κ2) is 8.30. The summed E-state index contributed by atoms with van der Waals surface area (Å²) in [7, 11) is 0. The van der Waals surface area contributed by atoms with Gasteiger partial charge in [0.05, 0.1) is 0 Å². The lowest BCUT2D eigenvalue weighted by molar-refractivity contribution is 0.295. The Hall–Kier alpha value is -0.0300. The number of rotatable bonds is 8. The average molecular weight is 344 g/mol. The molecule has 106 valence electrons. The highest BCUT2D eigenvalue weighted by Crippen LogP contribution is 2.37. The smallest absolute Gasteiger partial charge is 0.0438 e. The summed E-state index contributed by atoms with van der Waals surface area (Å²) in [5.41, 5.74) is 1.46. The molecule has 0 heterocycles. The summed E-state index contributed by atoms with van der Waals surface area (Å²) in [4.78, 5) is 0. The molecule has 1 aromatic rings. The molecule has 0 unspecified atom stereocenters. The summed E-state index contributed by atoms with van der Waals surface area (Å²) in [6.45, 7) is 1.41. The van der Waals surface area contributed by atoms with Crippen LogP contribution in [-0.2, 0) is 0 Å². The SMILES string of the molecule is OCCCSCCNC1CC(c2cccc(Br)c2)C1. The first-order chi connectivity index (χ1) is 9.29. The van der Waals surface area contributed by atoms with Crippen molar-refractivity contribution in [3.8, 4) is 0 Å². The Labute approximate surface area is 128 Å². The minimum absolute atomic E-state index is 0.317. The first kappa shape index (κ1) is 15.4. The van der Waals surface area contributed by atoms with Crippen LogP contribution >= 0.6 is 27.7 Å². The number of aliphatic hydroxyl groups excluding tert-OH is 1. The number of benzene rings is 1. The molecule has 1 saturated carbocycles. The molecule has 19 heavy (non-hydrogen) atoms. The van der Waals surface area contributed by atoms with Crippen molar-refractivity contribution >= 4 is 27.7 Å². The van der Waals surface area contributed by atoms with Crippen LogP contribution in [0.3, 0.4) is 0 Å². The third-order valence-corrected chi connectivity index (χ3v) is 5.15. The maximum absolute atomic E-state index is 8.68. The van der Waals surface area contributed by atoms with Crippen molar-refractivity contribution < 1.29 is 5.11 Å². The highest BCUT2D eigenvalue weighted by molar-refractivity contribution is 9.10. The number of nitrogens with one attached hydrogen (secondary N) is 1.